The molecule has 0 N–H and O–H groups in total. The predicted molar refractivity (Wildman–Crippen MR) is 123 cm³/mol. The number of alkyl halides is 3. The minimum Gasteiger partial charge on any atom is -0.368 e. The third-order valence-electron chi connectivity index (χ3n) is 6.52. The number of carbonyl (C=O) groups excluding carboxylic acids is 1. The molecule has 2 heterocycles. The third kappa shape index (κ3) is 4.55. The van der Waals surface area contributed by atoms with Crippen molar-refractivity contribution in [3.8, 4) is 0 Å². The fourth-order valence-electron chi connectivity index (χ4n) is 4.39. The number of carbonyl (C=O) groups is 1. The Balaban J connectivity index is 1.29. The molecule has 2 aromatic carbocycles. The van der Waals surface area contributed by atoms with Crippen LogP contribution in [0.2, 0.25) is 0 Å². The largest absolute Gasteiger partial charge is 0.417 e. The fourth-order valence-corrected chi connectivity index (χ4v) is 5.43. The van der Waals surface area contributed by atoms with Crippen LogP contribution in [0.1, 0.15) is 35.2 Å². The number of rotatable bonds is 5. The maximum atomic E-state index is 13.6. The quantitative estimate of drug-likeness (QED) is 0.471. The van der Waals surface area contributed by atoms with Crippen LogP contribution < -0.4 is 10.5 Å². The number of nitrogens with zero attached hydrogens (tertiary/aromatic N) is 3. The van der Waals surface area contributed by atoms with Crippen molar-refractivity contribution in [2.24, 2.45) is 5.92 Å². The molecule has 5 rings (SSSR count). The third-order valence-corrected chi connectivity index (χ3v) is 7.62. The highest BCUT2D eigenvalue weighted by atomic mass is 32.1. The molecule has 0 unspecified atom stereocenters. The standard InChI is InChI=1S/C24H23F4N3O2S/c25-16-3-6-20(24(26,27)28)19(13-16)22(32)30-11-9-29(10-12-30)17-4-5-18-21(14-17)34-31(23(18)33)8-7-15-1-2-15/h3-6,13-15H,1-2,7-12H2. The average Bonchev–Trinajstić information content (AvgIpc) is 3.59. The molecule has 1 saturated heterocycles. The van der Waals surface area contributed by atoms with E-state index in [1.807, 2.05) is 23.1 Å². The SMILES string of the molecule is O=C(c1cc(F)ccc1C(F)(F)F)N1CCN(c2ccc3c(=O)n(CCC4CC4)sc3c2)CC1. The van der Waals surface area contributed by atoms with Crippen molar-refractivity contribution in [3.05, 3.63) is 63.7 Å². The molecule has 1 aliphatic carbocycles. The van der Waals surface area contributed by atoms with Crippen LogP contribution in [0, 0.1) is 11.7 Å². The Morgan fingerprint density at radius 2 is 1.76 bits per heavy atom. The number of piperazine rings is 1. The topological polar surface area (TPSA) is 45.6 Å². The fraction of sp³-hybridized carbons (Fsp3) is 0.417. The predicted octanol–water partition coefficient (Wildman–Crippen LogP) is 4.98. The van der Waals surface area contributed by atoms with Gasteiger partial charge in [-0.25, -0.2) is 4.39 Å². The first kappa shape index (κ1) is 22.9. The van der Waals surface area contributed by atoms with Crippen molar-refractivity contribution in [2.75, 3.05) is 31.1 Å². The van der Waals surface area contributed by atoms with E-state index in [-0.39, 0.29) is 18.6 Å². The van der Waals surface area contributed by atoms with Crippen LogP contribution in [0.15, 0.2) is 41.2 Å². The van der Waals surface area contributed by atoms with Crippen LogP contribution in [0.5, 0.6) is 0 Å². The summed E-state index contributed by atoms with van der Waals surface area (Å²) in [7, 11) is 0. The van der Waals surface area contributed by atoms with Crippen molar-refractivity contribution in [1.82, 2.24) is 8.86 Å². The van der Waals surface area contributed by atoms with Crippen LogP contribution in [-0.4, -0.2) is 40.9 Å². The van der Waals surface area contributed by atoms with Crippen molar-refractivity contribution in [1.29, 1.82) is 0 Å². The first-order chi connectivity index (χ1) is 16.2. The van der Waals surface area contributed by atoms with Gasteiger partial charge in [-0.1, -0.05) is 24.4 Å². The van der Waals surface area contributed by atoms with Gasteiger partial charge in [-0.3, -0.25) is 13.5 Å². The van der Waals surface area contributed by atoms with E-state index in [1.54, 1.807) is 3.96 Å². The highest BCUT2D eigenvalue weighted by Crippen LogP contribution is 2.34. The number of benzene rings is 2. The van der Waals surface area contributed by atoms with Gasteiger partial charge in [0.25, 0.3) is 11.5 Å². The molecule has 5 nitrogen and oxygen atoms in total. The molecule has 10 heteroatoms. The van der Waals surface area contributed by atoms with Gasteiger partial charge in [0, 0.05) is 38.4 Å². The summed E-state index contributed by atoms with van der Waals surface area (Å²) in [6, 6.07) is 7.62. The lowest BCUT2D eigenvalue weighted by molar-refractivity contribution is -0.138. The minimum absolute atomic E-state index is 0.0261. The highest BCUT2D eigenvalue weighted by molar-refractivity contribution is 7.13. The lowest BCUT2D eigenvalue weighted by Crippen LogP contribution is -2.49. The lowest BCUT2D eigenvalue weighted by atomic mass is 10.0. The molecule has 0 spiro atoms. The second-order valence-corrected chi connectivity index (χ2v) is 9.94. The number of halogens is 4. The van der Waals surface area contributed by atoms with E-state index in [1.165, 1.54) is 29.3 Å². The van der Waals surface area contributed by atoms with E-state index in [2.05, 4.69) is 0 Å². The molecule has 34 heavy (non-hydrogen) atoms. The second kappa shape index (κ2) is 8.72. The van der Waals surface area contributed by atoms with E-state index < -0.39 is 29.0 Å². The van der Waals surface area contributed by atoms with Crippen LogP contribution >= 0.6 is 11.5 Å². The highest BCUT2D eigenvalue weighted by Gasteiger charge is 2.37. The Morgan fingerprint density at radius 3 is 2.44 bits per heavy atom. The van der Waals surface area contributed by atoms with Gasteiger partial charge < -0.3 is 9.80 Å². The Labute approximate surface area is 197 Å². The van der Waals surface area contributed by atoms with E-state index in [0.29, 0.717) is 36.7 Å². The molecule has 2 aliphatic rings. The zero-order valence-electron chi connectivity index (χ0n) is 18.3. The summed E-state index contributed by atoms with van der Waals surface area (Å²) in [5, 5.41) is 0.684. The van der Waals surface area contributed by atoms with Gasteiger partial charge in [0.2, 0.25) is 0 Å². The molecule has 1 amide bonds. The van der Waals surface area contributed by atoms with Crippen LogP contribution in [0.4, 0.5) is 23.2 Å². The van der Waals surface area contributed by atoms with Crippen LogP contribution in [0.3, 0.4) is 0 Å². The summed E-state index contributed by atoms with van der Waals surface area (Å²) in [5.41, 5.74) is -0.873. The van der Waals surface area contributed by atoms with Gasteiger partial charge in [0.1, 0.15) is 5.82 Å². The van der Waals surface area contributed by atoms with Gasteiger partial charge in [0.05, 0.1) is 21.2 Å². The molecule has 0 radical (unpaired) electrons. The molecule has 0 atom stereocenters. The maximum Gasteiger partial charge on any atom is 0.417 e. The number of hydrogen-bond acceptors (Lipinski definition) is 4. The number of aryl methyl sites for hydroxylation is 1. The molecule has 1 aliphatic heterocycles. The Bertz CT molecular complexity index is 1290. The van der Waals surface area contributed by atoms with E-state index in [4.69, 9.17) is 0 Å². The van der Waals surface area contributed by atoms with Crippen molar-refractivity contribution >= 4 is 33.2 Å². The van der Waals surface area contributed by atoms with Crippen molar-refractivity contribution in [2.45, 2.75) is 32.0 Å². The zero-order valence-corrected chi connectivity index (χ0v) is 19.1. The number of hydrogen-bond donors (Lipinski definition) is 0. The van der Waals surface area contributed by atoms with Gasteiger partial charge in [-0.15, -0.1) is 0 Å². The molecule has 2 fully saturated rings. The Morgan fingerprint density at radius 1 is 1.03 bits per heavy atom. The van der Waals surface area contributed by atoms with Gasteiger partial charge in [-0.2, -0.15) is 13.2 Å². The molecular weight excluding hydrogens is 470 g/mol. The smallest absolute Gasteiger partial charge is 0.368 e. The second-order valence-electron chi connectivity index (χ2n) is 8.88. The summed E-state index contributed by atoms with van der Waals surface area (Å²) >= 11 is 1.45. The summed E-state index contributed by atoms with van der Waals surface area (Å²) in [4.78, 5) is 28.8. The summed E-state index contributed by atoms with van der Waals surface area (Å²) in [6.07, 6.45) is -1.23. The van der Waals surface area contributed by atoms with E-state index >= 15 is 0 Å². The normalized spacial score (nSPS) is 16.9. The number of anilines is 1. The summed E-state index contributed by atoms with van der Waals surface area (Å²) < 4.78 is 56.3. The first-order valence-electron chi connectivity index (χ1n) is 11.3. The van der Waals surface area contributed by atoms with E-state index in [9.17, 15) is 27.2 Å². The van der Waals surface area contributed by atoms with Crippen LogP contribution in [-0.2, 0) is 12.7 Å². The monoisotopic (exact) mass is 493 g/mol. The molecule has 3 aromatic rings. The summed E-state index contributed by atoms with van der Waals surface area (Å²) in [5.74, 6) is -0.967. The average molecular weight is 494 g/mol. The van der Waals surface area contributed by atoms with E-state index in [0.717, 1.165) is 29.3 Å². The van der Waals surface area contributed by atoms with Gasteiger partial charge in [0.15, 0.2) is 0 Å². The minimum atomic E-state index is -4.74. The molecule has 1 aromatic heterocycles. The molecule has 0 bridgehead atoms. The zero-order chi connectivity index (χ0) is 24.0. The molecule has 1 saturated carbocycles. The van der Waals surface area contributed by atoms with Gasteiger partial charge in [-0.05, 0) is 48.7 Å². The Hall–Kier alpha value is -2.88. The summed E-state index contributed by atoms with van der Waals surface area (Å²) in [6.45, 7) is 2.00. The number of fused-ring (bicyclic) bond motifs is 1. The van der Waals surface area contributed by atoms with Crippen LogP contribution in [0.25, 0.3) is 10.1 Å². The molecule has 180 valence electrons. The van der Waals surface area contributed by atoms with Crippen molar-refractivity contribution in [3.63, 3.8) is 0 Å². The maximum absolute atomic E-state index is 13.6. The van der Waals surface area contributed by atoms with Gasteiger partial charge >= 0.3 is 6.18 Å². The molecular formula is C24H23F4N3O2S. The number of aromatic nitrogens is 1. The number of amides is 1. The Kier molecular flexibility index (Phi) is 5.87. The first-order valence-corrected chi connectivity index (χ1v) is 12.0. The van der Waals surface area contributed by atoms with Crippen molar-refractivity contribution < 1.29 is 22.4 Å². The lowest BCUT2D eigenvalue weighted by Gasteiger charge is -2.36.